The van der Waals surface area contributed by atoms with Crippen molar-refractivity contribution in [2.24, 2.45) is 34.5 Å². The minimum atomic E-state index is -0.872. The monoisotopic (exact) mass is 468 g/mol. The number of ether oxygens (including phenoxy) is 3. The molecule has 2 saturated heterocycles. The lowest BCUT2D eigenvalue weighted by Crippen LogP contribution is -2.61. The van der Waals surface area contributed by atoms with Gasteiger partial charge in [0.25, 0.3) is 0 Å². The molecule has 11 atom stereocenters. The van der Waals surface area contributed by atoms with Gasteiger partial charge in [-0.15, -0.1) is 0 Å². The number of aliphatic hydroxyl groups is 1. The number of hydrogen-bond acceptors (Lipinski definition) is 6. The van der Waals surface area contributed by atoms with Gasteiger partial charge in [0.05, 0.1) is 11.5 Å². The summed E-state index contributed by atoms with van der Waals surface area (Å²) in [5.41, 5.74) is -0.0920. The molecule has 6 nitrogen and oxygen atoms in total. The zero-order chi connectivity index (χ0) is 23.8. The van der Waals surface area contributed by atoms with Gasteiger partial charge in [0, 0.05) is 23.3 Å². The molecule has 6 heteroatoms. The lowest BCUT2D eigenvalue weighted by Gasteiger charge is -2.57. The maximum Gasteiger partial charge on any atom is 0.334 e. The molecule has 0 aromatic heterocycles. The fourth-order valence-electron chi connectivity index (χ4n) is 10.0. The third kappa shape index (κ3) is 2.21. The minimum Gasteiger partial charge on any atom is -0.456 e. The quantitative estimate of drug-likeness (QED) is 0.465. The van der Waals surface area contributed by atoms with Crippen LogP contribution in [0, 0.1) is 34.5 Å². The summed E-state index contributed by atoms with van der Waals surface area (Å²) in [6.07, 6.45) is 8.88. The van der Waals surface area contributed by atoms with E-state index in [1.54, 1.807) is 6.08 Å². The number of carbonyl (C=O) groups is 2. The second-order valence-corrected chi connectivity index (χ2v) is 12.7. The molecule has 184 valence electrons. The van der Waals surface area contributed by atoms with Gasteiger partial charge >= 0.3 is 5.97 Å². The lowest BCUT2D eigenvalue weighted by atomic mass is 9.44. The van der Waals surface area contributed by atoms with E-state index in [2.05, 4.69) is 13.8 Å². The summed E-state index contributed by atoms with van der Waals surface area (Å²) < 4.78 is 18.7. The Balaban J connectivity index is 1.25. The molecule has 0 bridgehead atoms. The molecule has 7 aliphatic rings. The minimum absolute atomic E-state index is 0.131. The predicted octanol–water partition coefficient (Wildman–Crippen LogP) is 3.86. The van der Waals surface area contributed by atoms with Gasteiger partial charge in [0.1, 0.15) is 17.3 Å². The van der Waals surface area contributed by atoms with Gasteiger partial charge in [-0.2, -0.15) is 0 Å². The number of allylic oxidation sites excluding steroid dienone is 1. The van der Waals surface area contributed by atoms with E-state index in [1.165, 1.54) is 0 Å². The number of fused-ring (bicyclic) bond motifs is 3. The van der Waals surface area contributed by atoms with Crippen LogP contribution in [0.4, 0.5) is 0 Å². The standard InChI is InChI=1S/C28H36O6/c1-14-12-21(32-23(30)15(14)2)26(4)19-8-7-18-16-13-22-28(33-22)10-5-6-20(29)25(28,3)17(16)9-11-27(18,19)24(31)34-26/h5-6,16-19,21-22,24,31H,7-13H2,1-4H3. The highest BCUT2D eigenvalue weighted by molar-refractivity contribution is 5.97. The van der Waals surface area contributed by atoms with Crippen molar-refractivity contribution >= 4 is 11.8 Å². The Bertz CT molecular complexity index is 1060. The molecule has 7 rings (SSSR count). The number of rotatable bonds is 1. The van der Waals surface area contributed by atoms with E-state index in [0.29, 0.717) is 23.8 Å². The Hall–Kier alpha value is -1.50. The Labute approximate surface area is 201 Å². The van der Waals surface area contributed by atoms with Gasteiger partial charge in [-0.25, -0.2) is 4.79 Å². The maximum absolute atomic E-state index is 13.3. The number of aliphatic hydroxyl groups excluding tert-OH is 1. The second-order valence-electron chi connectivity index (χ2n) is 12.7. The molecule has 0 radical (unpaired) electrons. The van der Waals surface area contributed by atoms with Crippen molar-refractivity contribution in [3.05, 3.63) is 23.3 Å². The molecular weight excluding hydrogens is 432 g/mol. The molecule has 34 heavy (non-hydrogen) atoms. The van der Waals surface area contributed by atoms with Crippen molar-refractivity contribution in [2.45, 2.75) is 102 Å². The molecule has 3 heterocycles. The smallest absolute Gasteiger partial charge is 0.334 e. The van der Waals surface area contributed by atoms with E-state index in [-0.39, 0.29) is 46.8 Å². The summed E-state index contributed by atoms with van der Waals surface area (Å²) in [4.78, 5) is 25.9. The average molecular weight is 469 g/mol. The van der Waals surface area contributed by atoms with Crippen LogP contribution in [0.3, 0.4) is 0 Å². The SMILES string of the molecule is CC1=C(C)C(=O)OC(C2(C)OC(O)C34CCC5C(CC6OC67CC=CC(=O)C57C)C3CCC24)C1. The highest BCUT2D eigenvalue weighted by Gasteiger charge is 2.80. The first-order chi connectivity index (χ1) is 16.1. The number of ketones is 1. The number of cyclic esters (lactones) is 1. The molecule has 3 aliphatic heterocycles. The summed E-state index contributed by atoms with van der Waals surface area (Å²) in [5.74, 6) is 1.01. The fourth-order valence-corrected chi connectivity index (χ4v) is 10.0. The van der Waals surface area contributed by atoms with Crippen molar-refractivity contribution in [3.63, 3.8) is 0 Å². The van der Waals surface area contributed by atoms with Crippen LogP contribution in [0.15, 0.2) is 23.3 Å². The normalized spacial score (nSPS) is 57.4. The van der Waals surface area contributed by atoms with E-state index in [1.807, 2.05) is 19.9 Å². The van der Waals surface area contributed by atoms with E-state index < -0.39 is 17.3 Å². The van der Waals surface area contributed by atoms with E-state index in [4.69, 9.17) is 14.2 Å². The van der Waals surface area contributed by atoms with E-state index in [0.717, 1.165) is 44.1 Å². The third-order valence-corrected chi connectivity index (χ3v) is 12.0. The molecule has 11 unspecified atom stereocenters. The highest BCUT2D eigenvalue weighted by atomic mass is 16.6. The first-order valence-electron chi connectivity index (χ1n) is 13.2. The molecule has 4 aliphatic carbocycles. The van der Waals surface area contributed by atoms with Crippen LogP contribution in [0.2, 0.25) is 0 Å². The first-order valence-corrected chi connectivity index (χ1v) is 13.2. The number of esters is 1. The van der Waals surface area contributed by atoms with Crippen molar-refractivity contribution in [2.75, 3.05) is 0 Å². The maximum atomic E-state index is 13.3. The van der Waals surface area contributed by atoms with Crippen LogP contribution in [-0.2, 0) is 23.8 Å². The zero-order valence-electron chi connectivity index (χ0n) is 20.6. The third-order valence-electron chi connectivity index (χ3n) is 12.0. The van der Waals surface area contributed by atoms with Crippen LogP contribution < -0.4 is 0 Å². The first kappa shape index (κ1) is 21.8. The summed E-state index contributed by atoms with van der Waals surface area (Å²) in [7, 11) is 0. The van der Waals surface area contributed by atoms with Crippen LogP contribution in [0.1, 0.15) is 72.6 Å². The Morgan fingerprint density at radius 1 is 1.03 bits per heavy atom. The second kappa shape index (κ2) is 6.43. The van der Waals surface area contributed by atoms with Gasteiger partial charge in [0.15, 0.2) is 12.1 Å². The van der Waals surface area contributed by atoms with Gasteiger partial charge < -0.3 is 19.3 Å². The lowest BCUT2D eigenvalue weighted by molar-refractivity contribution is -0.217. The molecule has 5 fully saturated rings. The molecule has 2 spiro atoms. The molecule has 0 amide bonds. The van der Waals surface area contributed by atoms with E-state index >= 15 is 0 Å². The van der Waals surface area contributed by atoms with E-state index in [9.17, 15) is 14.7 Å². The van der Waals surface area contributed by atoms with Crippen LogP contribution in [-0.4, -0.2) is 46.6 Å². The fraction of sp³-hybridized carbons (Fsp3) is 0.786. The largest absolute Gasteiger partial charge is 0.456 e. The Morgan fingerprint density at radius 2 is 1.82 bits per heavy atom. The topological polar surface area (TPSA) is 85.4 Å². The van der Waals surface area contributed by atoms with Crippen molar-refractivity contribution in [1.82, 2.24) is 0 Å². The van der Waals surface area contributed by atoms with Crippen LogP contribution in [0.25, 0.3) is 0 Å². The van der Waals surface area contributed by atoms with Crippen molar-refractivity contribution in [1.29, 1.82) is 0 Å². The summed E-state index contributed by atoms with van der Waals surface area (Å²) in [5, 5.41) is 11.6. The van der Waals surface area contributed by atoms with Gasteiger partial charge in [-0.1, -0.05) is 11.6 Å². The Kier molecular flexibility index (Phi) is 4.12. The molecule has 1 N–H and O–H groups in total. The predicted molar refractivity (Wildman–Crippen MR) is 122 cm³/mol. The van der Waals surface area contributed by atoms with Crippen molar-refractivity contribution < 1.29 is 28.9 Å². The van der Waals surface area contributed by atoms with Gasteiger partial charge in [-0.05, 0) is 90.0 Å². The summed E-state index contributed by atoms with van der Waals surface area (Å²) in [6, 6.07) is 0. The van der Waals surface area contributed by atoms with Gasteiger partial charge in [-0.3, -0.25) is 4.79 Å². The Morgan fingerprint density at radius 3 is 2.59 bits per heavy atom. The molecule has 0 aromatic carbocycles. The summed E-state index contributed by atoms with van der Waals surface area (Å²) in [6.45, 7) is 8.03. The van der Waals surface area contributed by atoms with Crippen molar-refractivity contribution in [3.8, 4) is 0 Å². The highest BCUT2D eigenvalue weighted by Crippen LogP contribution is 2.75. The van der Waals surface area contributed by atoms with Crippen LogP contribution >= 0.6 is 0 Å². The molecular formula is C28H36O6. The zero-order valence-corrected chi connectivity index (χ0v) is 20.6. The average Bonchev–Trinajstić information content (AvgIpc) is 3.26. The molecule has 3 saturated carbocycles. The van der Waals surface area contributed by atoms with Crippen LogP contribution in [0.5, 0.6) is 0 Å². The van der Waals surface area contributed by atoms with Gasteiger partial charge in [0.2, 0.25) is 0 Å². The summed E-state index contributed by atoms with van der Waals surface area (Å²) >= 11 is 0. The number of carbonyl (C=O) groups excluding carboxylic acids is 2. The molecule has 0 aromatic rings. The number of epoxide rings is 1. The number of hydrogen-bond donors (Lipinski definition) is 1.